The van der Waals surface area contributed by atoms with Crippen molar-refractivity contribution in [3.8, 4) is 17.3 Å². The first-order valence-corrected chi connectivity index (χ1v) is 13.0. The van der Waals surface area contributed by atoms with E-state index in [4.69, 9.17) is 9.47 Å². The monoisotopic (exact) mass is 548 g/mol. The van der Waals surface area contributed by atoms with Gasteiger partial charge in [0.1, 0.15) is 28.5 Å². The van der Waals surface area contributed by atoms with Crippen LogP contribution in [0.3, 0.4) is 0 Å². The largest absolute Gasteiger partial charge is 0.444 e. The van der Waals surface area contributed by atoms with Gasteiger partial charge in [-0.05, 0) is 69.7 Å². The van der Waals surface area contributed by atoms with Gasteiger partial charge < -0.3 is 19.3 Å². The van der Waals surface area contributed by atoms with Gasteiger partial charge in [0.25, 0.3) is 5.91 Å². The van der Waals surface area contributed by atoms with Gasteiger partial charge in [-0.3, -0.25) is 14.3 Å². The predicted molar refractivity (Wildman–Crippen MR) is 146 cm³/mol. The molecule has 1 fully saturated rings. The lowest BCUT2D eigenvalue weighted by Crippen LogP contribution is -2.51. The second-order valence-electron chi connectivity index (χ2n) is 10.7. The van der Waals surface area contributed by atoms with Crippen LogP contribution in [-0.4, -0.2) is 63.1 Å². The van der Waals surface area contributed by atoms with E-state index in [0.717, 1.165) is 0 Å². The third-order valence-electron chi connectivity index (χ3n) is 6.60. The maximum Gasteiger partial charge on any atom is 0.410 e. The maximum atomic E-state index is 14.2. The van der Waals surface area contributed by atoms with Gasteiger partial charge in [0, 0.05) is 55.7 Å². The summed E-state index contributed by atoms with van der Waals surface area (Å²) < 4.78 is 41.5. The highest BCUT2D eigenvalue weighted by molar-refractivity contribution is 6.10. The molecule has 0 N–H and O–H groups in total. The second kappa shape index (κ2) is 10.6. The number of nitrogens with zero attached hydrogens (tertiary/aromatic N) is 4. The summed E-state index contributed by atoms with van der Waals surface area (Å²) in [5.41, 5.74) is 1.44. The fraction of sp³-hybridized carbons (Fsp3) is 0.300. The number of piperazine rings is 1. The van der Waals surface area contributed by atoms with E-state index in [-0.39, 0.29) is 36.2 Å². The van der Waals surface area contributed by atoms with Crippen LogP contribution in [0.2, 0.25) is 0 Å². The number of ether oxygens (including phenoxy) is 2. The number of pyridine rings is 1. The molecule has 5 rings (SSSR count). The van der Waals surface area contributed by atoms with Crippen molar-refractivity contribution >= 4 is 22.9 Å². The first-order valence-electron chi connectivity index (χ1n) is 13.0. The molecule has 2 aromatic carbocycles. The molecule has 0 saturated carbocycles. The van der Waals surface area contributed by atoms with E-state index in [0.29, 0.717) is 35.2 Å². The molecular weight excluding hydrogens is 518 g/mol. The van der Waals surface area contributed by atoms with Crippen LogP contribution < -0.4 is 4.74 Å². The maximum absolute atomic E-state index is 14.2. The van der Waals surface area contributed by atoms with E-state index in [1.165, 1.54) is 24.3 Å². The van der Waals surface area contributed by atoms with Crippen molar-refractivity contribution in [2.45, 2.75) is 33.3 Å². The molecule has 4 aromatic rings. The Bertz CT molecular complexity index is 1570. The highest BCUT2D eigenvalue weighted by Gasteiger charge is 2.33. The van der Waals surface area contributed by atoms with Gasteiger partial charge in [-0.15, -0.1) is 0 Å². The summed E-state index contributed by atoms with van der Waals surface area (Å²) in [4.78, 5) is 34.1. The quantitative estimate of drug-likeness (QED) is 0.308. The van der Waals surface area contributed by atoms with Gasteiger partial charge in [-0.2, -0.15) is 0 Å². The number of benzene rings is 2. The van der Waals surface area contributed by atoms with Crippen LogP contribution in [0.15, 0.2) is 60.9 Å². The first kappa shape index (κ1) is 27.1. The van der Waals surface area contributed by atoms with Crippen LogP contribution in [0.1, 0.15) is 36.7 Å². The van der Waals surface area contributed by atoms with Crippen LogP contribution in [0.25, 0.3) is 16.6 Å². The third-order valence-corrected chi connectivity index (χ3v) is 6.60. The standard InChI is InChI=1S/C30H30F2N4O4/c1-19-5-6-21(32)17-25(19)39-28-26(27(37)34-13-15-35(16-14-34)29(38)40-30(2,3)4)23-18-33-12-11-24(23)36(28)22-9-7-20(31)8-10-22/h5-12,17-18H,13-16H2,1-4H3. The lowest BCUT2D eigenvalue weighted by atomic mass is 10.1. The summed E-state index contributed by atoms with van der Waals surface area (Å²) in [6.07, 6.45) is 2.74. The van der Waals surface area contributed by atoms with Crippen LogP contribution >= 0.6 is 0 Å². The minimum absolute atomic E-state index is 0.155. The molecule has 208 valence electrons. The molecule has 3 heterocycles. The molecule has 1 saturated heterocycles. The number of aromatic nitrogens is 2. The second-order valence-corrected chi connectivity index (χ2v) is 10.7. The fourth-order valence-electron chi connectivity index (χ4n) is 4.63. The number of halogens is 2. The molecule has 0 atom stereocenters. The summed E-state index contributed by atoms with van der Waals surface area (Å²) in [5, 5.41) is 0.524. The number of carbonyl (C=O) groups excluding carboxylic acids is 2. The molecule has 0 spiro atoms. The SMILES string of the molecule is Cc1ccc(F)cc1Oc1c(C(=O)N2CCN(C(=O)OC(C)(C)C)CC2)c2cnccc2n1-c1ccc(F)cc1. The molecule has 2 amide bonds. The minimum atomic E-state index is -0.625. The van der Waals surface area contributed by atoms with Crippen molar-refractivity contribution in [1.29, 1.82) is 0 Å². The molecule has 0 radical (unpaired) electrons. The summed E-state index contributed by atoms with van der Waals surface area (Å²) >= 11 is 0. The molecule has 40 heavy (non-hydrogen) atoms. The average molecular weight is 549 g/mol. The average Bonchev–Trinajstić information content (AvgIpc) is 3.23. The van der Waals surface area contributed by atoms with E-state index >= 15 is 0 Å². The van der Waals surface area contributed by atoms with E-state index in [1.807, 2.05) is 0 Å². The number of hydrogen-bond acceptors (Lipinski definition) is 5. The Balaban J connectivity index is 1.57. The summed E-state index contributed by atoms with van der Waals surface area (Å²) in [6.45, 7) is 8.34. The molecular formula is C30H30F2N4O4. The minimum Gasteiger partial charge on any atom is -0.444 e. The van der Waals surface area contributed by atoms with Crippen molar-refractivity contribution in [3.63, 3.8) is 0 Å². The zero-order chi connectivity index (χ0) is 28.6. The Morgan fingerprint density at radius 2 is 1.55 bits per heavy atom. The van der Waals surface area contributed by atoms with Crippen molar-refractivity contribution < 1.29 is 27.8 Å². The van der Waals surface area contributed by atoms with Crippen LogP contribution in [-0.2, 0) is 4.74 Å². The fourth-order valence-corrected chi connectivity index (χ4v) is 4.63. The normalized spacial score (nSPS) is 13.9. The molecule has 8 nitrogen and oxygen atoms in total. The van der Waals surface area contributed by atoms with E-state index < -0.39 is 23.3 Å². The molecule has 2 aromatic heterocycles. The van der Waals surface area contributed by atoms with Gasteiger partial charge in [-0.1, -0.05) is 6.07 Å². The number of hydrogen-bond donors (Lipinski definition) is 0. The Labute approximate surface area is 230 Å². The Hall–Kier alpha value is -4.47. The molecule has 0 bridgehead atoms. The van der Waals surface area contributed by atoms with Crippen molar-refractivity contribution in [2.24, 2.45) is 0 Å². The van der Waals surface area contributed by atoms with Gasteiger partial charge in [0.15, 0.2) is 0 Å². The number of carbonyl (C=O) groups is 2. The van der Waals surface area contributed by atoms with Gasteiger partial charge in [0.2, 0.25) is 5.88 Å². The smallest absolute Gasteiger partial charge is 0.410 e. The molecule has 10 heteroatoms. The van der Waals surface area contributed by atoms with E-state index in [9.17, 15) is 18.4 Å². The van der Waals surface area contributed by atoms with E-state index in [1.54, 1.807) is 78.7 Å². The Morgan fingerprint density at radius 3 is 2.23 bits per heavy atom. The van der Waals surface area contributed by atoms with Gasteiger partial charge in [-0.25, -0.2) is 13.6 Å². The third kappa shape index (κ3) is 5.47. The van der Waals surface area contributed by atoms with Crippen molar-refractivity contribution in [2.75, 3.05) is 26.2 Å². The lowest BCUT2D eigenvalue weighted by Gasteiger charge is -2.35. The molecule has 0 unspecified atom stereocenters. The van der Waals surface area contributed by atoms with Crippen molar-refractivity contribution in [1.82, 2.24) is 19.4 Å². The lowest BCUT2D eigenvalue weighted by molar-refractivity contribution is 0.0140. The highest BCUT2D eigenvalue weighted by atomic mass is 19.1. The Morgan fingerprint density at radius 1 is 0.900 bits per heavy atom. The van der Waals surface area contributed by atoms with Crippen molar-refractivity contribution in [3.05, 3.63) is 83.7 Å². The highest BCUT2D eigenvalue weighted by Crippen LogP contribution is 2.39. The number of aryl methyl sites for hydroxylation is 1. The van der Waals surface area contributed by atoms with Gasteiger partial charge in [0.05, 0.1) is 5.52 Å². The molecule has 1 aliphatic rings. The van der Waals surface area contributed by atoms with Gasteiger partial charge >= 0.3 is 6.09 Å². The zero-order valence-electron chi connectivity index (χ0n) is 22.8. The van der Waals surface area contributed by atoms with E-state index in [2.05, 4.69) is 4.98 Å². The topological polar surface area (TPSA) is 76.9 Å². The molecule has 0 aliphatic carbocycles. The van der Waals surface area contributed by atoms with Crippen LogP contribution in [0, 0.1) is 18.6 Å². The van der Waals surface area contributed by atoms with Crippen LogP contribution in [0.5, 0.6) is 11.6 Å². The number of rotatable bonds is 4. The predicted octanol–water partition coefficient (Wildman–Crippen LogP) is 6.10. The summed E-state index contributed by atoms with van der Waals surface area (Å²) in [5.74, 6) is -0.833. The Kier molecular flexibility index (Phi) is 7.18. The number of amides is 2. The molecule has 1 aliphatic heterocycles. The summed E-state index contributed by atoms with van der Waals surface area (Å²) in [7, 11) is 0. The number of fused-ring (bicyclic) bond motifs is 1. The summed E-state index contributed by atoms with van der Waals surface area (Å²) in [6, 6.07) is 11.7. The first-order chi connectivity index (χ1) is 19.0. The zero-order valence-corrected chi connectivity index (χ0v) is 22.8. The van der Waals surface area contributed by atoms with Crippen LogP contribution in [0.4, 0.5) is 13.6 Å².